The summed E-state index contributed by atoms with van der Waals surface area (Å²) in [6, 6.07) is 7.09. The number of esters is 1. The van der Waals surface area contributed by atoms with Crippen molar-refractivity contribution in [1.82, 2.24) is 5.32 Å². The molecule has 1 amide bonds. The van der Waals surface area contributed by atoms with Crippen LogP contribution in [-0.4, -0.2) is 18.5 Å². The van der Waals surface area contributed by atoms with Gasteiger partial charge in [-0.25, -0.2) is 18.0 Å². The molecule has 126 valence electrons. The maximum absolute atomic E-state index is 13.6. The topological polar surface area (TPSA) is 55.4 Å². The largest absolute Gasteiger partial charge is 0.452 e. The van der Waals surface area contributed by atoms with Gasteiger partial charge in [-0.15, -0.1) is 0 Å². The van der Waals surface area contributed by atoms with Gasteiger partial charge in [0.2, 0.25) is 0 Å². The summed E-state index contributed by atoms with van der Waals surface area (Å²) in [6.45, 7) is 0.894. The number of halogens is 3. The Morgan fingerprint density at radius 2 is 1.79 bits per heavy atom. The number of hydrogen-bond donors (Lipinski definition) is 1. The first-order chi connectivity index (χ1) is 11.4. The first kappa shape index (κ1) is 17.5. The van der Waals surface area contributed by atoms with Crippen LogP contribution in [0.15, 0.2) is 42.5 Å². The smallest absolute Gasteiger partial charge is 0.338 e. The Hall–Kier alpha value is -2.83. The number of hydrogen-bond acceptors (Lipinski definition) is 3. The fourth-order valence-corrected chi connectivity index (χ4v) is 2.04. The summed E-state index contributed by atoms with van der Waals surface area (Å²) in [6.07, 6.45) is 0. The highest BCUT2D eigenvalue weighted by Crippen LogP contribution is 2.17. The zero-order valence-corrected chi connectivity index (χ0v) is 12.7. The van der Waals surface area contributed by atoms with E-state index in [2.05, 4.69) is 5.32 Å². The van der Waals surface area contributed by atoms with E-state index in [0.29, 0.717) is 6.07 Å². The average Bonchev–Trinajstić information content (AvgIpc) is 2.52. The molecular formula is C17H14F3NO3. The Bertz CT molecular complexity index is 764. The minimum absolute atomic E-state index is 0.0274. The predicted molar refractivity (Wildman–Crippen MR) is 79.6 cm³/mol. The first-order valence-electron chi connectivity index (χ1n) is 7.04. The lowest BCUT2D eigenvalue weighted by Crippen LogP contribution is -2.31. The average molecular weight is 337 g/mol. The number of amides is 1. The van der Waals surface area contributed by atoms with Crippen molar-refractivity contribution in [2.75, 3.05) is 6.61 Å². The van der Waals surface area contributed by atoms with Crippen LogP contribution in [0.4, 0.5) is 13.2 Å². The van der Waals surface area contributed by atoms with E-state index in [-0.39, 0.29) is 11.1 Å². The Morgan fingerprint density at radius 3 is 2.46 bits per heavy atom. The van der Waals surface area contributed by atoms with E-state index in [1.165, 1.54) is 31.2 Å². The second-order valence-electron chi connectivity index (χ2n) is 5.04. The van der Waals surface area contributed by atoms with E-state index in [0.717, 1.165) is 12.1 Å². The van der Waals surface area contributed by atoms with Gasteiger partial charge in [-0.1, -0.05) is 12.1 Å². The summed E-state index contributed by atoms with van der Waals surface area (Å²) in [5, 5.41) is 2.42. The van der Waals surface area contributed by atoms with E-state index in [9.17, 15) is 22.8 Å². The molecule has 4 nitrogen and oxygen atoms in total. The normalized spacial score (nSPS) is 11.7. The number of rotatable bonds is 5. The summed E-state index contributed by atoms with van der Waals surface area (Å²) in [4.78, 5) is 23.4. The van der Waals surface area contributed by atoms with Crippen LogP contribution in [0.3, 0.4) is 0 Å². The summed E-state index contributed by atoms with van der Waals surface area (Å²) >= 11 is 0. The molecular weight excluding hydrogens is 323 g/mol. The molecule has 2 rings (SSSR count). The molecule has 2 aromatic carbocycles. The molecule has 0 saturated heterocycles. The van der Waals surface area contributed by atoms with Crippen LogP contribution in [0.5, 0.6) is 0 Å². The van der Waals surface area contributed by atoms with Gasteiger partial charge in [0.1, 0.15) is 17.5 Å². The molecule has 1 N–H and O–H groups in total. The van der Waals surface area contributed by atoms with Gasteiger partial charge < -0.3 is 10.1 Å². The van der Waals surface area contributed by atoms with Crippen molar-refractivity contribution in [3.05, 3.63) is 71.0 Å². The number of nitrogens with one attached hydrogen (secondary N) is 1. The molecule has 0 heterocycles. The number of ether oxygens (including phenoxy) is 1. The molecule has 0 radical (unpaired) electrons. The second-order valence-corrected chi connectivity index (χ2v) is 5.04. The zero-order valence-electron chi connectivity index (χ0n) is 12.7. The van der Waals surface area contributed by atoms with Gasteiger partial charge in [0.15, 0.2) is 6.61 Å². The van der Waals surface area contributed by atoms with Crippen LogP contribution in [0.25, 0.3) is 0 Å². The Morgan fingerprint density at radius 1 is 1.08 bits per heavy atom. The highest BCUT2D eigenvalue weighted by Gasteiger charge is 2.16. The summed E-state index contributed by atoms with van der Waals surface area (Å²) in [7, 11) is 0. The van der Waals surface area contributed by atoms with Crippen molar-refractivity contribution < 1.29 is 27.5 Å². The zero-order chi connectivity index (χ0) is 17.7. The predicted octanol–water partition coefficient (Wildman–Crippen LogP) is 3.14. The minimum Gasteiger partial charge on any atom is -0.452 e. The Kier molecular flexibility index (Phi) is 5.57. The first-order valence-corrected chi connectivity index (χ1v) is 7.04. The summed E-state index contributed by atoms with van der Waals surface area (Å²) in [5.41, 5.74) is 0.0710. The van der Waals surface area contributed by atoms with Crippen molar-refractivity contribution in [2.24, 2.45) is 0 Å². The standard InChI is InChI=1S/C17H14F3NO3/c1-10(14-6-5-13(19)8-15(14)20)21-16(22)9-24-17(23)11-3-2-4-12(18)7-11/h2-8,10H,9H2,1H3,(H,21,22)/t10-/m1/s1. The number of carbonyl (C=O) groups excluding carboxylic acids is 2. The molecule has 0 aliphatic carbocycles. The molecule has 2 aromatic rings. The van der Waals surface area contributed by atoms with Crippen molar-refractivity contribution in [3.63, 3.8) is 0 Å². The lowest BCUT2D eigenvalue weighted by Gasteiger charge is -2.15. The fourth-order valence-electron chi connectivity index (χ4n) is 2.04. The highest BCUT2D eigenvalue weighted by atomic mass is 19.1. The van der Waals surface area contributed by atoms with E-state index in [1.54, 1.807) is 0 Å². The van der Waals surface area contributed by atoms with Crippen molar-refractivity contribution in [1.29, 1.82) is 0 Å². The maximum Gasteiger partial charge on any atom is 0.338 e. The van der Waals surface area contributed by atoms with E-state index in [1.807, 2.05) is 0 Å². The van der Waals surface area contributed by atoms with Crippen LogP contribution in [0.2, 0.25) is 0 Å². The molecule has 0 spiro atoms. The van der Waals surface area contributed by atoms with Crippen molar-refractivity contribution in [2.45, 2.75) is 13.0 Å². The van der Waals surface area contributed by atoms with Crippen molar-refractivity contribution >= 4 is 11.9 Å². The molecule has 0 fully saturated rings. The molecule has 0 aliphatic rings. The molecule has 24 heavy (non-hydrogen) atoms. The minimum atomic E-state index is -0.856. The van der Waals surface area contributed by atoms with E-state index >= 15 is 0 Å². The molecule has 7 heteroatoms. The van der Waals surface area contributed by atoms with E-state index in [4.69, 9.17) is 4.74 Å². The molecule has 0 unspecified atom stereocenters. The molecule has 0 saturated carbocycles. The third-order valence-electron chi connectivity index (χ3n) is 3.20. The van der Waals surface area contributed by atoms with E-state index < -0.39 is 42.0 Å². The van der Waals surface area contributed by atoms with Crippen LogP contribution >= 0.6 is 0 Å². The number of benzene rings is 2. The SMILES string of the molecule is C[C@@H](NC(=O)COC(=O)c1cccc(F)c1)c1ccc(F)cc1F. The van der Waals surface area contributed by atoms with Gasteiger partial charge in [0, 0.05) is 11.6 Å². The van der Waals surface area contributed by atoms with Gasteiger partial charge >= 0.3 is 5.97 Å². The third kappa shape index (κ3) is 4.58. The monoisotopic (exact) mass is 337 g/mol. The summed E-state index contributed by atoms with van der Waals surface area (Å²) < 4.78 is 44.2. The molecule has 0 aromatic heterocycles. The molecule has 1 atom stereocenters. The van der Waals surface area contributed by atoms with Crippen LogP contribution in [0, 0.1) is 17.5 Å². The van der Waals surface area contributed by atoms with Crippen LogP contribution in [0.1, 0.15) is 28.9 Å². The molecule has 0 bridgehead atoms. The van der Waals surface area contributed by atoms with Crippen molar-refractivity contribution in [3.8, 4) is 0 Å². The quantitative estimate of drug-likeness (QED) is 0.853. The maximum atomic E-state index is 13.6. The Labute approximate surface area is 136 Å². The van der Waals surface area contributed by atoms with Gasteiger partial charge in [-0.2, -0.15) is 0 Å². The van der Waals surface area contributed by atoms with Gasteiger partial charge in [0.05, 0.1) is 11.6 Å². The highest BCUT2D eigenvalue weighted by molar-refractivity contribution is 5.91. The lowest BCUT2D eigenvalue weighted by molar-refractivity contribution is -0.124. The van der Waals surface area contributed by atoms with Crippen LogP contribution in [-0.2, 0) is 9.53 Å². The van der Waals surface area contributed by atoms with Gasteiger partial charge in [0.25, 0.3) is 5.91 Å². The van der Waals surface area contributed by atoms with Gasteiger partial charge in [-0.3, -0.25) is 4.79 Å². The van der Waals surface area contributed by atoms with Crippen LogP contribution < -0.4 is 5.32 Å². The Balaban J connectivity index is 1.90. The fraction of sp³-hybridized carbons (Fsp3) is 0.176. The third-order valence-corrected chi connectivity index (χ3v) is 3.20. The molecule has 0 aliphatic heterocycles. The van der Waals surface area contributed by atoms with Gasteiger partial charge in [-0.05, 0) is 31.2 Å². The number of carbonyl (C=O) groups is 2. The second kappa shape index (κ2) is 7.63. The lowest BCUT2D eigenvalue weighted by atomic mass is 10.1. The summed E-state index contributed by atoms with van der Waals surface area (Å²) in [5.74, 6) is -3.64.